The van der Waals surface area contributed by atoms with E-state index in [1.54, 1.807) is 13.8 Å². The molecule has 1 fully saturated rings. The number of nitrogens with zero attached hydrogens (tertiary/aromatic N) is 1. The van der Waals surface area contributed by atoms with Gasteiger partial charge in [-0.05, 0) is 12.3 Å². The van der Waals surface area contributed by atoms with Crippen molar-refractivity contribution in [3.05, 3.63) is 0 Å². The second-order valence-electron chi connectivity index (χ2n) is 5.14. The Kier molecular flexibility index (Phi) is 4.21. The van der Waals surface area contributed by atoms with Gasteiger partial charge in [0.15, 0.2) is 5.41 Å². The highest BCUT2D eigenvalue weighted by molar-refractivity contribution is 7.89. The zero-order valence-electron chi connectivity index (χ0n) is 10.6. The van der Waals surface area contributed by atoms with Gasteiger partial charge in [-0.25, -0.2) is 12.7 Å². The molecule has 1 aliphatic rings. The average molecular weight is 303 g/mol. The molecule has 1 saturated heterocycles. The van der Waals surface area contributed by atoms with Crippen molar-refractivity contribution in [2.45, 2.75) is 26.4 Å². The third kappa shape index (κ3) is 3.02. The summed E-state index contributed by atoms with van der Waals surface area (Å²) in [6, 6.07) is 0. The lowest BCUT2D eigenvalue weighted by Crippen LogP contribution is -2.48. The van der Waals surface area contributed by atoms with E-state index < -0.39 is 47.1 Å². The van der Waals surface area contributed by atoms with Crippen LogP contribution in [0, 0.1) is 11.3 Å². The molecule has 0 aromatic carbocycles. The van der Waals surface area contributed by atoms with Gasteiger partial charge in [0.2, 0.25) is 10.0 Å². The van der Waals surface area contributed by atoms with Crippen LogP contribution in [0.4, 0.5) is 13.2 Å². The Balaban J connectivity index is 3.02. The summed E-state index contributed by atoms with van der Waals surface area (Å²) < 4.78 is 63.0. The molecule has 1 atom stereocenters. The number of carboxylic acid groups (broad SMARTS) is 1. The third-order valence-electron chi connectivity index (χ3n) is 3.12. The Labute approximate surface area is 109 Å². The number of alkyl halides is 3. The number of carbonyl (C=O) groups is 1. The normalized spacial score (nSPS) is 26.0. The van der Waals surface area contributed by atoms with E-state index in [-0.39, 0.29) is 11.7 Å². The molecule has 1 rings (SSSR count). The van der Waals surface area contributed by atoms with Crippen LogP contribution in [0.25, 0.3) is 0 Å². The lowest BCUT2D eigenvalue weighted by Gasteiger charge is -2.27. The molecule has 0 amide bonds. The summed E-state index contributed by atoms with van der Waals surface area (Å²) in [6.07, 6.45) is -5.72. The quantitative estimate of drug-likeness (QED) is 0.850. The summed E-state index contributed by atoms with van der Waals surface area (Å²) in [5, 5.41) is 8.82. The maximum Gasteiger partial charge on any atom is 0.406 e. The second-order valence-corrected chi connectivity index (χ2v) is 7.15. The summed E-state index contributed by atoms with van der Waals surface area (Å²) in [6.45, 7) is 1.80. The SMILES string of the molecule is CC(C)CS(=O)(=O)N1CCC(C(=O)O)(C(F)(F)F)C1. The van der Waals surface area contributed by atoms with Crippen LogP contribution in [0.5, 0.6) is 0 Å². The summed E-state index contributed by atoms with van der Waals surface area (Å²) in [5.41, 5.74) is -2.99. The Morgan fingerprint density at radius 2 is 1.95 bits per heavy atom. The van der Waals surface area contributed by atoms with Gasteiger partial charge in [-0.3, -0.25) is 4.79 Å². The number of carboxylic acids is 1. The van der Waals surface area contributed by atoms with Gasteiger partial charge in [0.05, 0.1) is 5.75 Å². The average Bonchev–Trinajstić information content (AvgIpc) is 2.59. The largest absolute Gasteiger partial charge is 0.481 e. The predicted octanol–water partition coefficient (Wildman–Crippen LogP) is 1.31. The van der Waals surface area contributed by atoms with E-state index in [0.29, 0.717) is 4.31 Å². The molecule has 9 heteroatoms. The third-order valence-corrected chi connectivity index (χ3v) is 5.31. The zero-order chi connectivity index (χ0) is 15.1. The van der Waals surface area contributed by atoms with Crippen LogP contribution in [0.1, 0.15) is 20.3 Å². The Morgan fingerprint density at radius 3 is 2.26 bits per heavy atom. The maximum absolute atomic E-state index is 12.9. The van der Waals surface area contributed by atoms with Crippen LogP contribution < -0.4 is 0 Å². The van der Waals surface area contributed by atoms with Gasteiger partial charge in [0.25, 0.3) is 0 Å². The van der Waals surface area contributed by atoms with Crippen molar-refractivity contribution < 1.29 is 31.5 Å². The van der Waals surface area contributed by atoms with Crippen molar-refractivity contribution in [1.82, 2.24) is 4.31 Å². The molecule has 0 saturated carbocycles. The van der Waals surface area contributed by atoms with E-state index in [0.717, 1.165) is 0 Å². The molecule has 1 heterocycles. The number of sulfonamides is 1. The van der Waals surface area contributed by atoms with Crippen LogP contribution in [0.15, 0.2) is 0 Å². The Bertz CT molecular complexity index is 460. The van der Waals surface area contributed by atoms with E-state index >= 15 is 0 Å². The smallest absolute Gasteiger partial charge is 0.406 e. The minimum atomic E-state index is -4.97. The standard InChI is InChI=1S/C10H16F3NO4S/c1-7(2)5-19(17,18)14-4-3-9(6-14,8(15)16)10(11,12)13/h7H,3-6H2,1-2H3,(H,15,16). The molecule has 1 aliphatic heterocycles. The number of hydrogen-bond donors (Lipinski definition) is 1. The number of rotatable bonds is 4. The van der Waals surface area contributed by atoms with E-state index in [9.17, 15) is 26.4 Å². The first kappa shape index (κ1) is 16.2. The van der Waals surface area contributed by atoms with Gasteiger partial charge in [-0.1, -0.05) is 13.8 Å². The summed E-state index contributed by atoms with van der Waals surface area (Å²) in [4.78, 5) is 10.9. The zero-order valence-corrected chi connectivity index (χ0v) is 11.4. The molecule has 0 aromatic heterocycles. The minimum absolute atomic E-state index is 0.240. The maximum atomic E-state index is 12.9. The molecule has 19 heavy (non-hydrogen) atoms. The fraction of sp³-hybridized carbons (Fsp3) is 0.900. The summed E-state index contributed by atoms with van der Waals surface area (Å²) in [5.74, 6) is -2.56. The van der Waals surface area contributed by atoms with Crippen LogP contribution in [-0.2, 0) is 14.8 Å². The molecule has 0 aliphatic carbocycles. The van der Waals surface area contributed by atoms with E-state index in [1.807, 2.05) is 0 Å². The van der Waals surface area contributed by atoms with Crippen molar-refractivity contribution in [3.63, 3.8) is 0 Å². The number of halogens is 3. The highest BCUT2D eigenvalue weighted by atomic mass is 32.2. The minimum Gasteiger partial charge on any atom is -0.481 e. The van der Waals surface area contributed by atoms with Crippen LogP contribution in [0.2, 0.25) is 0 Å². The van der Waals surface area contributed by atoms with Crippen molar-refractivity contribution >= 4 is 16.0 Å². The first-order valence-corrected chi connectivity index (χ1v) is 7.31. The highest BCUT2D eigenvalue weighted by Gasteiger charge is 2.64. The molecule has 5 nitrogen and oxygen atoms in total. The van der Waals surface area contributed by atoms with Gasteiger partial charge in [0.1, 0.15) is 0 Å². The van der Waals surface area contributed by atoms with Gasteiger partial charge < -0.3 is 5.11 Å². The molecular formula is C10H16F3NO4S. The van der Waals surface area contributed by atoms with Crippen molar-refractivity contribution in [1.29, 1.82) is 0 Å². The van der Waals surface area contributed by atoms with Crippen molar-refractivity contribution in [2.75, 3.05) is 18.8 Å². The fourth-order valence-electron chi connectivity index (χ4n) is 2.07. The molecule has 112 valence electrons. The molecule has 0 radical (unpaired) electrons. The molecule has 0 aromatic rings. The van der Waals surface area contributed by atoms with Gasteiger partial charge >= 0.3 is 12.1 Å². The fourth-order valence-corrected chi connectivity index (χ4v) is 3.91. The first-order valence-electron chi connectivity index (χ1n) is 5.70. The Hall–Kier alpha value is -0.830. The molecule has 0 bridgehead atoms. The lowest BCUT2D eigenvalue weighted by molar-refractivity contribution is -0.226. The van der Waals surface area contributed by atoms with Crippen LogP contribution in [-0.4, -0.2) is 48.8 Å². The van der Waals surface area contributed by atoms with E-state index in [1.165, 1.54) is 0 Å². The highest BCUT2D eigenvalue weighted by Crippen LogP contribution is 2.46. The summed E-state index contributed by atoms with van der Waals surface area (Å²) >= 11 is 0. The van der Waals surface area contributed by atoms with Gasteiger partial charge in [-0.2, -0.15) is 13.2 Å². The van der Waals surface area contributed by atoms with Crippen LogP contribution >= 0.6 is 0 Å². The van der Waals surface area contributed by atoms with Crippen LogP contribution in [0.3, 0.4) is 0 Å². The predicted molar refractivity (Wildman–Crippen MR) is 60.9 cm³/mol. The molecular weight excluding hydrogens is 287 g/mol. The van der Waals surface area contributed by atoms with E-state index in [4.69, 9.17) is 5.11 Å². The molecule has 1 N–H and O–H groups in total. The second kappa shape index (κ2) is 4.93. The number of hydrogen-bond acceptors (Lipinski definition) is 3. The summed E-state index contributed by atoms with van der Waals surface area (Å²) in [7, 11) is -3.85. The van der Waals surface area contributed by atoms with Gasteiger partial charge in [-0.15, -0.1) is 0 Å². The Morgan fingerprint density at radius 1 is 1.42 bits per heavy atom. The van der Waals surface area contributed by atoms with Gasteiger partial charge in [0, 0.05) is 13.1 Å². The first-order chi connectivity index (χ1) is 8.42. The van der Waals surface area contributed by atoms with Crippen molar-refractivity contribution in [2.24, 2.45) is 11.3 Å². The van der Waals surface area contributed by atoms with E-state index in [2.05, 4.69) is 0 Å². The number of aliphatic carboxylic acids is 1. The molecule has 1 unspecified atom stereocenters. The van der Waals surface area contributed by atoms with Crippen molar-refractivity contribution in [3.8, 4) is 0 Å². The monoisotopic (exact) mass is 303 g/mol. The lowest BCUT2D eigenvalue weighted by atomic mass is 9.86. The topological polar surface area (TPSA) is 74.7 Å². The molecule has 0 spiro atoms.